The molecule has 1 heterocycles. The van der Waals surface area contributed by atoms with E-state index in [4.69, 9.17) is 0 Å². The average Bonchev–Trinajstić information content (AvgIpc) is 2.45. The second kappa shape index (κ2) is 7.43. The van der Waals surface area contributed by atoms with Crippen molar-refractivity contribution in [2.75, 3.05) is 20.1 Å². The number of likely N-dealkylation sites (tertiary alicyclic amines) is 1. The highest BCUT2D eigenvalue weighted by Gasteiger charge is 2.21. The van der Waals surface area contributed by atoms with Crippen LogP contribution in [0.1, 0.15) is 44.2 Å². The lowest BCUT2D eigenvalue weighted by Crippen LogP contribution is -2.43. The number of hydrogen-bond acceptors (Lipinski definition) is 3. The predicted molar refractivity (Wildman–Crippen MR) is 87.1 cm³/mol. The van der Waals surface area contributed by atoms with E-state index in [-0.39, 0.29) is 6.04 Å². The molecule has 2 N–H and O–H groups in total. The van der Waals surface area contributed by atoms with E-state index >= 15 is 0 Å². The maximum atomic E-state index is 10.1. The second-order valence-corrected chi connectivity index (χ2v) is 6.62. The molecule has 1 aromatic carbocycles. The van der Waals surface area contributed by atoms with Crippen molar-refractivity contribution in [1.29, 1.82) is 0 Å². The monoisotopic (exact) mass is 340 g/mol. The molecule has 1 aromatic rings. The van der Waals surface area contributed by atoms with Gasteiger partial charge in [0.15, 0.2) is 0 Å². The van der Waals surface area contributed by atoms with Gasteiger partial charge in [0.25, 0.3) is 0 Å². The Hall–Kier alpha value is -0.580. The van der Waals surface area contributed by atoms with E-state index in [0.717, 1.165) is 23.0 Å². The number of nitrogens with zero attached hydrogens (tertiary/aromatic N) is 1. The molecule has 112 valence electrons. The fraction of sp³-hybridized carbons (Fsp3) is 0.625. The molecule has 2 unspecified atom stereocenters. The van der Waals surface area contributed by atoms with Gasteiger partial charge >= 0.3 is 0 Å². The Morgan fingerprint density at radius 3 is 2.95 bits per heavy atom. The third-order valence-corrected chi connectivity index (χ3v) is 4.79. The number of nitrogens with one attached hydrogen (secondary N) is 1. The molecule has 0 bridgehead atoms. The lowest BCUT2D eigenvalue weighted by molar-refractivity contribution is 0.177. The van der Waals surface area contributed by atoms with Gasteiger partial charge in [0.1, 0.15) is 5.75 Å². The zero-order chi connectivity index (χ0) is 14.5. The minimum atomic E-state index is 0.211. The Morgan fingerprint density at radius 2 is 2.25 bits per heavy atom. The maximum absolute atomic E-state index is 10.1. The van der Waals surface area contributed by atoms with Crippen molar-refractivity contribution >= 4 is 15.9 Å². The highest BCUT2D eigenvalue weighted by molar-refractivity contribution is 9.10. The molecule has 1 fully saturated rings. The first kappa shape index (κ1) is 15.8. The van der Waals surface area contributed by atoms with Gasteiger partial charge in [-0.15, -0.1) is 0 Å². The average molecular weight is 341 g/mol. The smallest absolute Gasteiger partial charge is 0.120 e. The Balaban J connectivity index is 1.99. The van der Waals surface area contributed by atoms with Crippen LogP contribution in [0.5, 0.6) is 5.75 Å². The topological polar surface area (TPSA) is 35.5 Å². The molecule has 1 aliphatic heterocycles. The summed E-state index contributed by atoms with van der Waals surface area (Å²) >= 11 is 3.48. The summed E-state index contributed by atoms with van der Waals surface area (Å²) in [5.74, 6) is 0.379. The fourth-order valence-corrected chi connectivity index (χ4v) is 3.34. The molecule has 3 nitrogen and oxygen atoms in total. The summed E-state index contributed by atoms with van der Waals surface area (Å²) in [6.07, 6.45) is 4.89. The molecule has 2 atom stereocenters. The largest absolute Gasteiger partial charge is 0.508 e. The summed E-state index contributed by atoms with van der Waals surface area (Å²) < 4.78 is 1.01. The minimum absolute atomic E-state index is 0.211. The lowest BCUT2D eigenvalue weighted by Gasteiger charge is -2.34. The summed E-state index contributed by atoms with van der Waals surface area (Å²) in [4.78, 5) is 2.45. The molecule has 1 aliphatic rings. The van der Waals surface area contributed by atoms with Crippen molar-refractivity contribution in [3.63, 3.8) is 0 Å². The van der Waals surface area contributed by atoms with Gasteiger partial charge in [0.05, 0.1) is 0 Å². The standard InChI is InChI=1S/C16H25BrN2O/c1-3-15(14-10-12(17)7-8-16(14)20)18-11-13-6-4-5-9-19(13)2/h7-8,10,13,15,18,20H,3-6,9,11H2,1-2H3. The van der Waals surface area contributed by atoms with Crippen molar-refractivity contribution < 1.29 is 5.11 Å². The summed E-state index contributed by atoms with van der Waals surface area (Å²) in [7, 11) is 2.21. The highest BCUT2D eigenvalue weighted by Crippen LogP contribution is 2.29. The number of rotatable bonds is 5. The quantitative estimate of drug-likeness (QED) is 0.858. The van der Waals surface area contributed by atoms with Gasteiger partial charge in [0, 0.05) is 28.7 Å². The number of phenols is 1. The zero-order valence-corrected chi connectivity index (χ0v) is 14.0. The molecule has 0 radical (unpaired) electrons. The zero-order valence-electron chi connectivity index (χ0n) is 12.4. The molecular formula is C16H25BrN2O. The van der Waals surface area contributed by atoms with Gasteiger partial charge in [-0.25, -0.2) is 0 Å². The summed E-state index contributed by atoms with van der Waals surface area (Å²) in [6.45, 7) is 4.34. The van der Waals surface area contributed by atoms with Crippen molar-refractivity contribution in [2.24, 2.45) is 0 Å². The van der Waals surface area contributed by atoms with Crippen LogP contribution in [0.3, 0.4) is 0 Å². The Bertz CT molecular complexity index is 438. The molecule has 20 heavy (non-hydrogen) atoms. The molecule has 4 heteroatoms. The van der Waals surface area contributed by atoms with Gasteiger partial charge in [-0.1, -0.05) is 29.3 Å². The normalized spacial score (nSPS) is 21.9. The van der Waals surface area contributed by atoms with Crippen LogP contribution in [0.4, 0.5) is 0 Å². The third kappa shape index (κ3) is 3.96. The summed E-state index contributed by atoms with van der Waals surface area (Å²) in [5.41, 5.74) is 0.986. The lowest BCUT2D eigenvalue weighted by atomic mass is 10.00. The van der Waals surface area contributed by atoms with Gasteiger partial charge in [-0.05, 0) is 51.1 Å². The van der Waals surface area contributed by atoms with Crippen LogP contribution >= 0.6 is 15.9 Å². The van der Waals surface area contributed by atoms with Crippen LogP contribution in [-0.2, 0) is 0 Å². The van der Waals surface area contributed by atoms with E-state index in [1.807, 2.05) is 12.1 Å². The van der Waals surface area contributed by atoms with Crippen molar-refractivity contribution in [3.05, 3.63) is 28.2 Å². The van der Waals surface area contributed by atoms with Crippen LogP contribution in [0.2, 0.25) is 0 Å². The highest BCUT2D eigenvalue weighted by atomic mass is 79.9. The van der Waals surface area contributed by atoms with Crippen LogP contribution < -0.4 is 5.32 Å². The number of hydrogen-bond donors (Lipinski definition) is 2. The van der Waals surface area contributed by atoms with Crippen LogP contribution in [0.15, 0.2) is 22.7 Å². The first-order chi connectivity index (χ1) is 9.61. The first-order valence-corrected chi connectivity index (χ1v) is 8.33. The van der Waals surface area contributed by atoms with Gasteiger partial charge < -0.3 is 15.3 Å². The Morgan fingerprint density at radius 1 is 1.45 bits per heavy atom. The van der Waals surface area contributed by atoms with E-state index in [9.17, 15) is 5.11 Å². The summed E-state index contributed by atoms with van der Waals surface area (Å²) in [5, 5.41) is 13.7. The van der Waals surface area contributed by atoms with E-state index in [0.29, 0.717) is 11.8 Å². The minimum Gasteiger partial charge on any atom is -0.508 e. The number of piperidine rings is 1. The molecular weight excluding hydrogens is 316 g/mol. The van der Waals surface area contributed by atoms with Gasteiger partial charge in [-0.2, -0.15) is 0 Å². The number of benzene rings is 1. The second-order valence-electron chi connectivity index (χ2n) is 5.70. The number of phenolic OH excluding ortho intramolecular Hbond substituents is 1. The SMILES string of the molecule is CCC(NCC1CCCCN1C)c1cc(Br)ccc1O. The number of likely N-dealkylation sites (N-methyl/N-ethyl adjacent to an activating group) is 1. The number of aromatic hydroxyl groups is 1. The van der Waals surface area contributed by atoms with Crippen molar-refractivity contribution in [2.45, 2.75) is 44.7 Å². The molecule has 0 aromatic heterocycles. The molecule has 1 saturated heterocycles. The van der Waals surface area contributed by atoms with E-state index in [1.165, 1.54) is 25.8 Å². The molecule has 0 amide bonds. The molecule has 0 spiro atoms. The maximum Gasteiger partial charge on any atom is 0.120 e. The van der Waals surface area contributed by atoms with Crippen LogP contribution in [-0.4, -0.2) is 36.2 Å². The van der Waals surface area contributed by atoms with E-state index < -0.39 is 0 Å². The third-order valence-electron chi connectivity index (χ3n) is 4.29. The van der Waals surface area contributed by atoms with Crippen molar-refractivity contribution in [1.82, 2.24) is 10.2 Å². The first-order valence-electron chi connectivity index (χ1n) is 7.54. The Kier molecular flexibility index (Phi) is 5.87. The van der Waals surface area contributed by atoms with Gasteiger partial charge in [0.2, 0.25) is 0 Å². The molecule has 2 rings (SSSR count). The van der Waals surface area contributed by atoms with E-state index in [2.05, 4.69) is 40.1 Å². The van der Waals surface area contributed by atoms with Crippen LogP contribution in [0, 0.1) is 0 Å². The molecule has 0 saturated carbocycles. The van der Waals surface area contributed by atoms with Crippen molar-refractivity contribution in [3.8, 4) is 5.75 Å². The Labute approximate surface area is 130 Å². The molecule has 0 aliphatic carbocycles. The van der Waals surface area contributed by atoms with E-state index in [1.54, 1.807) is 6.07 Å². The summed E-state index contributed by atoms with van der Waals surface area (Å²) in [6, 6.07) is 6.48. The fourth-order valence-electron chi connectivity index (χ4n) is 2.96. The number of halogens is 1. The van der Waals surface area contributed by atoms with Gasteiger partial charge in [-0.3, -0.25) is 0 Å². The van der Waals surface area contributed by atoms with Crippen LogP contribution in [0.25, 0.3) is 0 Å². The predicted octanol–water partition coefficient (Wildman–Crippen LogP) is 3.68.